The summed E-state index contributed by atoms with van der Waals surface area (Å²) in [6.07, 6.45) is 1.27. The Morgan fingerprint density at radius 1 is 1.28 bits per heavy atom. The van der Waals surface area contributed by atoms with E-state index in [-0.39, 0.29) is 17.7 Å². The Bertz CT molecular complexity index is 286. The second-order valence-electron chi connectivity index (χ2n) is 4.98. The Balaban J connectivity index is 2.59. The van der Waals surface area contributed by atoms with Crippen LogP contribution in [0.4, 0.5) is 0 Å². The smallest absolute Gasteiger partial charge is 0.245 e. The van der Waals surface area contributed by atoms with E-state index >= 15 is 0 Å². The molecular weight excluding hydrogens is 232 g/mol. The molecule has 5 nitrogen and oxygen atoms in total. The summed E-state index contributed by atoms with van der Waals surface area (Å²) in [5.41, 5.74) is 0. The molecule has 0 aromatic heterocycles. The number of hydrogen-bond donors (Lipinski definition) is 1. The number of rotatable bonds is 5. The van der Waals surface area contributed by atoms with Crippen molar-refractivity contribution in [3.05, 3.63) is 0 Å². The van der Waals surface area contributed by atoms with E-state index in [4.69, 9.17) is 4.74 Å². The van der Waals surface area contributed by atoms with Gasteiger partial charge in [-0.15, -0.1) is 0 Å². The first-order chi connectivity index (χ1) is 8.56. The molecule has 1 heterocycles. The van der Waals surface area contributed by atoms with E-state index in [1.807, 2.05) is 20.8 Å². The molecule has 1 aliphatic rings. The Labute approximate surface area is 109 Å². The van der Waals surface area contributed by atoms with Gasteiger partial charge in [-0.1, -0.05) is 20.8 Å². The molecule has 0 saturated carbocycles. The number of carbonyl (C=O) groups excluding carboxylic acids is 2. The van der Waals surface area contributed by atoms with Gasteiger partial charge >= 0.3 is 0 Å². The van der Waals surface area contributed by atoms with Crippen LogP contribution < -0.4 is 5.32 Å². The molecule has 18 heavy (non-hydrogen) atoms. The minimum Gasteiger partial charge on any atom is -0.378 e. The van der Waals surface area contributed by atoms with E-state index in [0.717, 1.165) is 6.42 Å². The Kier molecular flexibility index (Phi) is 6.12. The zero-order chi connectivity index (χ0) is 13.5. The van der Waals surface area contributed by atoms with E-state index in [9.17, 15) is 9.59 Å². The van der Waals surface area contributed by atoms with Crippen LogP contribution in [0.5, 0.6) is 0 Å². The molecule has 1 saturated heterocycles. The summed E-state index contributed by atoms with van der Waals surface area (Å²) >= 11 is 0. The van der Waals surface area contributed by atoms with Crippen LogP contribution >= 0.6 is 0 Å². The predicted molar refractivity (Wildman–Crippen MR) is 69.1 cm³/mol. The van der Waals surface area contributed by atoms with Crippen molar-refractivity contribution in [2.75, 3.05) is 26.3 Å². The fraction of sp³-hybridized carbons (Fsp3) is 0.846. The topological polar surface area (TPSA) is 58.6 Å². The molecule has 0 bridgehead atoms. The molecule has 0 aromatic rings. The second kappa shape index (κ2) is 7.36. The van der Waals surface area contributed by atoms with Crippen molar-refractivity contribution >= 4 is 11.8 Å². The maximum absolute atomic E-state index is 12.3. The van der Waals surface area contributed by atoms with Crippen LogP contribution in [-0.2, 0) is 14.3 Å². The van der Waals surface area contributed by atoms with E-state index in [1.54, 1.807) is 4.90 Å². The molecule has 0 radical (unpaired) electrons. The van der Waals surface area contributed by atoms with Gasteiger partial charge in [-0.3, -0.25) is 9.59 Å². The van der Waals surface area contributed by atoms with Crippen LogP contribution in [-0.4, -0.2) is 49.1 Å². The molecule has 5 heteroatoms. The third-order valence-electron chi connectivity index (χ3n) is 3.05. The van der Waals surface area contributed by atoms with Gasteiger partial charge in [-0.2, -0.15) is 0 Å². The third kappa shape index (κ3) is 4.29. The van der Waals surface area contributed by atoms with Crippen molar-refractivity contribution in [3.63, 3.8) is 0 Å². The summed E-state index contributed by atoms with van der Waals surface area (Å²) in [5, 5.41) is 2.84. The number of morpholine rings is 1. The third-order valence-corrected chi connectivity index (χ3v) is 3.05. The van der Waals surface area contributed by atoms with Crippen molar-refractivity contribution < 1.29 is 14.3 Å². The Morgan fingerprint density at radius 2 is 1.89 bits per heavy atom. The van der Waals surface area contributed by atoms with Crippen molar-refractivity contribution in [1.82, 2.24) is 10.2 Å². The number of ether oxygens (including phenoxy) is 1. The highest BCUT2D eigenvalue weighted by Crippen LogP contribution is 2.09. The van der Waals surface area contributed by atoms with Crippen LogP contribution in [0.15, 0.2) is 0 Å². The zero-order valence-electron chi connectivity index (χ0n) is 11.6. The summed E-state index contributed by atoms with van der Waals surface area (Å²) in [4.78, 5) is 25.8. The van der Waals surface area contributed by atoms with Gasteiger partial charge in [-0.05, 0) is 12.3 Å². The van der Waals surface area contributed by atoms with E-state index in [2.05, 4.69) is 5.32 Å². The Hall–Kier alpha value is -1.10. The molecule has 1 aliphatic heterocycles. The van der Waals surface area contributed by atoms with Gasteiger partial charge in [0, 0.05) is 19.5 Å². The molecule has 1 N–H and O–H groups in total. The lowest BCUT2D eigenvalue weighted by Gasteiger charge is -2.32. The molecule has 1 atom stereocenters. The monoisotopic (exact) mass is 256 g/mol. The van der Waals surface area contributed by atoms with Crippen LogP contribution in [0, 0.1) is 5.92 Å². The highest BCUT2D eigenvalue weighted by Gasteiger charge is 2.29. The minimum atomic E-state index is -0.415. The lowest BCUT2D eigenvalue weighted by atomic mass is 10.0. The minimum absolute atomic E-state index is 0.0118. The highest BCUT2D eigenvalue weighted by atomic mass is 16.5. The number of hydrogen-bond acceptors (Lipinski definition) is 3. The first kappa shape index (κ1) is 15.0. The van der Waals surface area contributed by atoms with Crippen molar-refractivity contribution in [3.8, 4) is 0 Å². The van der Waals surface area contributed by atoms with Crippen molar-refractivity contribution in [2.24, 2.45) is 5.92 Å². The fourth-order valence-corrected chi connectivity index (χ4v) is 1.97. The van der Waals surface area contributed by atoms with Crippen LogP contribution in [0.25, 0.3) is 0 Å². The van der Waals surface area contributed by atoms with Crippen LogP contribution in [0.1, 0.15) is 33.6 Å². The summed E-state index contributed by atoms with van der Waals surface area (Å²) < 4.78 is 5.23. The average molecular weight is 256 g/mol. The molecule has 0 aliphatic carbocycles. The Morgan fingerprint density at radius 3 is 2.39 bits per heavy atom. The summed E-state index contributed by atoms with van der Waals surface area (Å²) in [7, 11) is 0. The van der Waals surface area contributed by atoms with Gasteiger partial charge < -0.3 is 15.0 Å². The maximum atomic E-state index is 12.3. The second-order valence-corrected chi connectivity index (χ2v) is 4.98. The standard InChI is InChI=1S/C13H24N2O3/c1-4-5-11(16)14-12(10(2)3)13(17)15-6-8-18-9-7-15/h10,12H,4-9H2,1-3H3,(H,14,16)/t12-/m0/s1. The number of nitrogens with zero attached hydrogens (tertiary/aromatic N) is 1. The molecular formula is C13H24N2O3. The summed E-state index contributed by atoms with van der Waals surface area (Å²) in [5.74, 6) is 0.0664. The average Bonchev–Trinajstić information content (AvgIpc) is 2.36. The molecule has 1 rings (SSSR count). The van der Waals surface area contributed by atoms with Crippen LogP contribution in [0.2, 0.25) is 0 Å². The van der Waals surface area contributed by atoms with Gasteiger partial charge in [0.15, 0.2) is 0 Å². The molecule has 1 fully saturated rings. The highest BCUT2D eigenvalue weighted by molar-refractivity contribution is 5.87. The first-order valence-electron chi connectivity index (χ1n) is 6.72. The number of carbonyl (C=O) groups is 2. The largest absolute Gasteiger partial charge is 0.378 e. The quantitative estimate of drug-likeness (QED) is 0.791. The van der Waals surface area contributed by atoms with E-state index in [1.165, 1.54) is 0 Å². The zero-order valence-corrected chi connectivity index (χ0v) is 11.6. The lowest BCUT2D eigenvalue weighted by molar-refractivity contribution is -0.141. The maximum Gasteiger partial charge on any atom is 0.245 e. The first-order valence-corrected chi connectivity index (χ1v) is 6.72. The van der Waals surface area contributed by atoms with Gasteiger partial charge in [0.2, 0.25) is 11.8 Å². The normalized spacial score (nSPS) is 17.7. The molecule has 0 spiro atoms. The van der Waals surface area contributed by atoms with Gasteiger partial charge in [0.25, 0.3) is 0 Å². The molecule has 0 aromatic carbocycles. The van der Waals surface area contributed by atoms with Crippen molar-refractivity contribution in [1.29, 1.82) is 0 Å². The summed E-state index contributed by atoms with van der Waals surface area (Å²) in [6, 6.07) is -0.415. The van der Waals surface area contributed by atoms with Crippen molar-refractivity contribution in [2.45, 2.75) is 39.7 Å². The number of amides is 2. The molecule has 0 unspecified atom stereocenters. The predicted octanol–water partition coefficient (Wildman–Crippen LogP) is 0.786. The van der Waals surface area contributed by atoms with E-state index < -0.39 is 6.04 Å². The molecule has 2 amide bonds. The lowest BCUT2D eigenvalue weighted by Crippen LogP contribution is -2.53. The number of nitrogens with one attached hydrogen (secondary N) is 1. The van der Waals surface area contributed by atoms with Crippen LogP contribution in [0.3, 0.4) is 0 Å². The fourth-order valence-electron chi connectivity index (χ4n) is 1.97. The molecule has 104 valence electrons. The van der Waals surface area contributed by atoms with Gasteiger partial charge in [-0.25, -0.2) is 0 Å². The summed E-state index contributed by atoms with van der Waals surface area (Å²) in [6.45, 7) is 8.26. The van der Waals surface area contributed by atoms with Gasteiger partial charge in [0.05, 0.1) is 13.2 Å². The van der Waals surface area contributed by atoms with Gasteiger partial charge in [0.1, 0.15) is 6.04 Å². The SMILES string of the molecule is CCCC(=O)N[C@H](C(=O)N1CCOCC1)C(C)C. The van der Waals surface area contributed by atoms with E-state index in [0.29, 0.717) is 32.7 Å².